The van der Waals surface area contributed by atoms with E-state index in [1.165, 1.54) is 43.8 Å². The number of sulfonamides is 1. The minimum atomic E-state index is -3.59. The maximum absolute atomic E-state index is 12.5. The van der Waals surface area contributed by atoms with Gasteiger partial charge in [-0.2, -0.15) is 0 Å². The number of rotatable bonds is 10. The number of anilines is 2. The normalized spacial score (nSPS) is 10.8. The summed E-state index contributed by atoms with van der Waals surface area (Å²) in [6, 6.07) is 10.6. The second kappa shape index (κ2) is 11.3. The van der Waals surface area contributed by atoms with Crippen molar-refractivity contribution in [1.29, 1.82) is 0 Å². The zero-order valence-electron chi connectivity index (χ0n) is 18.8. The summed E-state index contributed by atoms with van der Waals surface area (Å²) in [4.78, 5) is 36.2. The highest BCUT2D eigenvalue weighted by Crippen LogP contribution is 2.24. The van der Waals surface area contributed by atoms with E-state index in [0.29, 0.717) is 11.4 Å². The highest BCUT2D eigenvalue weighted by Gasteiger charge is 2.19. The number of nitrogens with one attached hydrogen (secondary N) is 1. The van der Waals surface area contributed by atoms with Gasteiger partial charge < -0.3 is 19.5 Å². The minimum absolute atomic E-state index is 0.00794. The van der Waals surface area contributed by atoms with E-state index in [-0.39, 0.29) is 36.2 Å². The van der Waals surface area contributed by atoms with Crippen LogP contribution in [0.4, 0.5) is 11.4 Å². The van der Waals surface area contributed by atoms with Gasteiger partial charge in [-0.25, -0.2) is 18.0 Å². The van der Waals surface area contributed by atoms with E-state index in [1.807, 2.05) is 0 Å². The second-order valence-corrected chi connectivity index (χ2v) is 8.88. The molecule has 33 heavy (non-hydrogen) atoms. The molecule has 0 fully saturated rings. The number of hydrogen-bond donors (Lipinski definition) is 1. The zero-order valence-corrected chi connectivity index (χ0v) is 19.6. The first-order valence-corrected chi connectivity index (χ1v) is 11.7. The summed E-state index contributed by atoms with van der Waals surface area (Å²) in [7, 11) is 0.280. The van der Waals surface area contributed by atoms with Gasteiger partial charge in [-0.3, -0.25) is 9.10 Å². The molecule has 1 amide bonds. The monoisotopic (exact) mass is 478 g/mol. The van der Waals surface area contributed by atoms with Gasteiger partial charge in [-0.1, -0.05) is 6.07 Å². The zero-order chi connectivity index (χ0) is 24.6. The SMILES string of the molecule is COC(=O)c1cc(NC(=O)CCCN(c2cccc(OC)c2)S(C)(=O)=O)cc(C(=O)OC)c1. The molecular weight excluding hydrogens is 452 g/mol. The van der Waals surface area contributed by atoms with Gasteiger partial charge in [0.1, 0.15) is 5.75 Å². The first kappa shape index (κ1) is 25.7. The number of nitrogens with zero attached hydrogens (tertiary/aromatic N) is 1. The molecule has 178 valence electrons. The molecule has 11 heteroatoms. The van der Waals surface area contributed by atoms with Crippen molar-refractivity contribution >= 4 is 39.2 Å². The molecule has 0 aliphatic carbocycles. The predicted molar refractivity (Wildman–Crippen MR) is 122 cm³/mol. The van der Waals surface area contributed by atoms with Gasteiger partial charge in [0.15, 0.2) is 0 Å². The van der Waals surface area contributed by atoms with Crippen LogP contribution in [-0.2, 0) is 24.3 Å². The number of methoxy groups -OCH3 is 3. The number of amides is 1. The Bertz CT molecular complexity index is 1100. The molecule has 0 unspecified atom stereocenters. The van der Waals surface area contributed by atoms with Gasteiger partial charge >= 0.3 is 11.9 Å². The van der Waals surface area contributed by atoms with E-state index in [1.54, 1.807) is 24.3 Å². The summed E-state index contributed by atoms with van der Waals surface area (Å²) in [6.07, 6.45) is 1.29. The van der Waals surface area contributed by atoms with Crippen LogP contribution in [0.25, 0.3) is 0 Å². The van der Waals surface area contributed by atoms with Crippen molar-refractivity contribution in [1.82, 2.24) is 0 Å². The van der Waals surface area contributed by atoms with E-state index >= 15 is 0 Å². The number of hydrogen-bond acceptors (Lipinski definition) is 8. The molecule has 2 aromatic rings. The molecule has 0 bridgehead atoms. The fraction of sp³-hybridized carbons (Fsp3) is 0.318. The van der Waals surface area contributed by atoms with Crippen LogP contribution in [0.5, 0.6) is 5.75 Å². The lowest BCUT2D eigenvalue weighted by Crippen LogP contribution is -2.31. The molecule has 1 N–H and O–H groups in total. The van der Waals surface area contributed by atoms with Crippen LogP contribution in [0.2, 0.25) is 0 Å². The highest BCUT2D eigenvalue weighted by molar-refractivity contribution is 7.92. The Kier molecular flexibility index (Phi) is 8.80. The van der Waals surface area contributed by atoms with E-state index in [9.17, 15) is 22.8 Å². The molecule has 0 saturated heterocycles. The van der Waals surface area contributed by atoms with Crippen molar-refractivity contribution in [3.05, 3.63) is 53.6 Å². The molecule has 0 aliphatic rings. The molecule has 0 radical (unpaired) electrons. The van der Waals surface area contributed by atoms with Gasteiger partial charge in [0.25, 0.3) is 0 Å². The largest absolute Gasteiger partial charge is 0.497 e. The number of esters is 2. The highest BCUT2D eigenvalue weighted by atomic mass is 32.2. The van der Waals surface area contributed by atoms with Crippen molar-refractivity contribution in [3.63, 3.8) is 0 Å². The van der Waals surface area contributed by atoms with Crippen molar-refractivity contribution in [2.45, 2.75) is 12.8 Å². The van der Waals surface area contributed by atoms with Crippen molar-refractivity contribution in [3.8, 4) is 5.75 Å². The van der Waals surface area contributed by atoms with E-state index < -0.39 is 27.9 Å². The first-order chi connectivity index (χ1) is 15.6. The topological polar surface area (TPSA) is 128 Å². The number of carbonyl (C=O) groups is 3. The Morgan fingerprint density at radius 2 is 1.55 bits per heavy atom. The van der Waals surface area contributed by atoms with Gasteiger partial charge in [0, 0.05) is 24.7 Å². The quantitative estimate of drug-likeness (QED) is 0.516. The van der Waals surface area contributed by atoms with Crippen LogP contribution < -0.4 is 14.4 Å². The maximum atomic E-state index is 12.5. The lowest BCUT2D eigenvalue weighted by atomic mass is 10.1. The summed E-state index contributed by atoms with van der Waals surface area (Å²) < 4.78 is 40.2. The summed E-state index contributed by atoms with van der Waals surface area (Å²) in [5.41, 5.74) is 0.760. The van der Waals surface area contributed by atoms with Crippen LogP contribution in [0.15, 0.2) is 42.5 Å². The van der Waals surface area contributed by atoms with Crippen molar-refractivity contribution < 1.29 is 37.0 Å². The van der Waals surface area contributed by atoms with Crippen molar-refractivity contribution in [2.24, 2.45) is 0 Å². The molecule has 2 rings (SSSR count). The Balaban J connectivity index is 2.11. The number of carbonyl (C=O) groups excluding carboxylic acids is 3. The molecule has 0 aliphatic heterocycles. The minimum Gasteiger partial charge on any atom is -0.497 e. The Morgan fingerprint density at radius 1 is 0.939 bits per heavy atom. The number of ether oxygens (including phenoxy) is 3. The maximum Gasteiger partial charge on any atom is 0.337 e. The molecule has 0 saturated carbocycles. The summed E-state index contributed by atoms with van der Waals surface area (Å²) in [5, 5.41) is 2.61. The third-order valence-electron chi connectivity index (χ3n) is 4.57. The third kappa shape index (κ3) is 7.21. The van der Waals surface area contributed by atoms with E-state index in [2.05, 4.69) is 14.8 Å². The van der Waals surface area contributed by atoms with E-state index in [4.69, 9.17) is 4.74 Å². The smallest absolute Gasteiger partial charge is 0.337 e. The van der Waals surface area contributed by atoms with Gasteiger partial charge in [-0.05, 0) is 36.8 Å². The number of benzene rings is 2. The molecule has 0 atom stereocenters. The molecule has 2 aromatic carbocycles. The van der Waals surface area contributed by atoms with Gasteiger partial charge in [-0.15, -0.1) is 0 Å². The third-order valence-corrected chi connectivity index (χ3v) is 5.76. The predicted octanol–water partition coefficient (Wildman–Crippen LogP) is 2.45. The Hall–Kier alpha value is -3.60. The second-order valence-electron chi connectivity index (χ2n) is 6.97. The van der Waals surface area contributed by atoms with Crippen LogP contribution in [0.1, 0.15) is 33.6 Å². The molecule has 0 spiro atoms. The van der Waals surface area contributed by atoms with Crippen LogP contribution in [-0.4, -0.2) is 60.4 Å². The van der Waals surface area contributed by atoms with Crippen LogP contribution in [0, 0.1) is 0 Å². The van der Waals surface area contributed by atoms with Gasteiger partial charge in [0.05, 0.1) is 44.4 Å². The lowest BCUT2D eigenvalue weighted by molar-refractivity contribution is -0.116. The fourth-order valence-corrected chi connectivity index (χ4v) is 3.99. The fourth-order valence-electron chi connectivity index (χ4n) is 3.03. The molecular formula is C22H26N2O8S. The Morgan fingerprint density at radius 3 is 2.06 bits per heavy atom. The lowest BCUT2D eigenvalue weighted by Gasteiger charge is -2.22. The average molecular weight is 479 g/mol. The summed E-state index contributed by atoms with van der Waals surface area (Å²) >= 11 is 0. The average Bonchev–Trinajstić information content (AvgIpc) is 2.79. The van der Waals surface area contributed by atoms with Crippen molar-refractivity contribution in [2.75, 3.05) is 43.8 Å². The first-order valence-electron chi connectivity index (χ1n) is 9.82. The summed E-state index contributed by atoms with van der Waals surface area (Å²) in [5.74, 6) is -1.28. The van der Waals surface area contributed by atoms with Gasteiger partial charge in [0.2, 0.25) is 15.9 Å². The standard InChI is InChI=1S/C22H26N2O8S/c1-30-19-8-5-7-18(14-19)24(33(4,28)29)10-6-9-20(25)23-17-12-15(21(26)31-2)11-16(13-17)22(27)32-3/h5,7-8,11-14H,6,9-10H2,1-4H3,(H,23,25). The molecule has 10 nitrogen and oxygen atoms in total. The van der Waals surface area contributed by atoms with Crippen LogP contribution in [0.3, 0.4) is 0 Å². The Labute approximate surface area is 192 Å². The summed E-state index contributed by atoms with van der Waals surface area (Å²) in [6.45, 7) is 0.0645. The molecule has 0 aromatic heterocycles. The van der Waals surface area contributed by atoms with E-state index in [0.717, 1.165) is 6.26 Å². The van der Waals surface area contributed by atoms with Crippen LogP contribution >= 0.6 is 0 Å². The molecule has 0 heterocycles.